The van der Waals surface area contributed by atoms with Crippen LogP contribution in [0.25, 0.3) is 0 Å². The van der Waals surface area contributed by atoms with Crippen LogP contribution in [0.2, 0.25) is 5.02 Å². The van der Waals surface area contributed by atoms with E-state index in [4.69, 9.17) is 30.5 Å². The molecule has 1 unspecified atom stereocenters. The molecule has 0 bridgehead atoms. The SMILES string of the molecule is CCCOC(=O)C1(C(=O)OCCC)Oc2cc3c(cc2O1)CC(NC[C@@H](O)c1cccc(Cl)c1)CC3. The van der Waals surface area contributed by atoms with Crippen LogP contribution in [-0.4, -0.2) is 48.6 Å². The van der Waals surface area contributed by atoms with Gasteiger partial charge < -0.3 is 29.4 Å². The third-order valence-electron chi connectivity index (χ3n) is 6.25. The third kappa shape index (κ3) is 5.61. The van der Waals surface area contributed by atoms with Gasteiger partial charge >= 0.3 is 17.7 Å². The first-order valence-electron chi connectivity index (χ1n) is 12.4. The highest BCUT2D eigenvalue weighted by Gasteiger charge is 2.60. The van der Waals surface area contributed by atoms with Crippen molar-refractivity contribution in [2.24, 2.45) is 0 Å². The molecule has 0 spiro atoms. The van der Waals surface area contributed by atoms with Gasteiger partial charge in [-0.2, -0.15) is 0 Å². The summed E-state index contributed by atoms with van der Waals surface area (Å²) in [4.78, 5) is 25.7. The van der Waals surface area contributed by atoms with Crippen LogP contribution in [0.1, 0.15) is 55.9 Å². The van der Waals surface area contributed by atoms with E-state index in [1.807, 2.05) is 38.1 Å². The smallest absolute Gasteiger partial charge is 0.453 e. The van der Waals surface area contributed by atoms with Crippen molar-refractivity contribution >= 4 is 23.5 Å². The number of benzene rings is 2. The third-order valence-corrected chi connectivity index (χ3v) is 6.48. The molecule has 4 rings (SSSR count). The molecule has 2 aromatic carbocycles. The van der Waals surface area contributed by atoms with Crippen LogP contribution in [0.15, 0.2) is 36.4 Å². The zero-order valence-electron chi connectivity index (χ0n) is 20.6. The zero-order valence-corrected chi connectivity index (χ0v) is 21.3. The molecule has 2 N–H and O–H groups in total. The Morgan fingerprint density at radius 3 is 2.33 bits per heavy atom. The molecule has 0 aromatic heterocycles. The Morgan fingerprint density at radius 2 is 1.72 bits per heavy atom. The van der Waals surface area contributed by atoms with E-state index in [2.05, 4.69) is 5.32 Å². The summed E-state index contributed by atoms with van der Waals surface area (Å²) in [5.41, 5.74) is 2.85. The monoisotopic (exact) mass is 517 g/mol. The summed E-state index contributed by atoms with van der Waals surface area (Å²) < 4.78 is 22.1. The Balaban J connectivity index is 1.46. The first-order valence-corrected chi connectivity index (χ1v) is 12.8. The number of rotatable bonds is 10. The van der Waals surface area contributed by atoms with Gasteiger partial charge in [-0.25, -0.2) is 9.59 Å². The van der Waals surface area contributed by atoms with Gasteiger partial charge in [0.15, 0.2) is 11.5 Å². The van der Waals surface area contributed by atoms with Gasteiger partial charge in [0.25, 0.3) is 0 Å². The molecule has 0 fully saturated rings. The minimum atomic E-state index is -2.30. The molecule has 36 heavy (non-hydrogen) atoms. The highest BCUT2D eigenvalue weighted by Crippen LogP contribution is 2.44. The second-order valence-corrected chi connectivity index (χ2v) is 9.52. The number of nitrogens with one attached hydrogen (secondary N) is 1. The summed E-state index contributed by atoms with van der Waals surface area (Å²) in [6.07, 6.45) is 2.83. The van der Waals surface area contributed by atoms with E-state index >= 15 is 0 Å². The van der Waals surface area contributed by atoms with Gasteiger partial charge in [-0.15, -0.1) is 0 Å². The highest BCUT2D eigenvalue weighted by atomic mass is 35.5. The van der Waals surface area contributed by atoms with Crippen LogP contribution in [-0.2, 0) is 31.9 Å². The van der Waals surface area contributed by atoms with Crippen molar-refractivity contribution in [3.05, 3.63) is 58.1 Å². The maximum absolute atomic E-state index is 12.8. The summed E-state index contributed by atoms with van der Waals surface area (Å²) in [6.45, 7) is 4.37. The van der Waals surface area contributed by atoms with E-state index in [9.17, 15) is 14.7 Å². The maximum atomic E-state index is 12.8. The molecule has 0 amide bonds. The molecule has 2 aromatic rings. The largest absolute Gasteiger partial charge is 0.459 e. The van der Waals surface area contributed by atoms with Gasteiger partial charge in [0.2, 0.25) is 0 Å². The standard InChI is InChI=1S/C27H32ClNO7/c1-3-10-33-25(31)27(26(32)34-11-4-2)35-23-14-17-8-9-21(13-19(17)15-24(23)36-27)29-16-22(30)18-6-5-7-20(28)12-18/h5-7,12,14-15,21-22,29-30H,3-4,8-11,13,16H2,1-2H3/t21?,22-/m1/s1. The number of carbonyl (C=O) groups is 2. The summed E-state index contributed by atoms with van der Waals surface area (Å²) >= 11 is 6.04. The van der Waals surface area contributed by atoms with Crippen LogP contribution in [0.3, 0.4) is 0 Å². The van der Waals surface area contributed by atoms with Gasteiger partial charge in [-0.1, -0.05) is 37.6 Å². The average molecular weight is 518 g/mol. The number of hydrogen-bond donors (Lipinski definition) is 2. The fraction of sp³-hybridized carbons (Fsp3) is 0.481. The lowest BCUT2D eigenvalue weighted by Crippen LogP contribution is -2.56. The molecule has 194 valence electrons. The summed E-state index contributed by atoms with van der Waals surface area (Å²) in [5, 5.41) is 14.6. The number of hydrogen-bond acceptors (Lipinski definition) is 8. The maximum Gasteiger partial charge on any atom is 0.453 e. The number of fused-ring (bicyclic) bond motifs is 2. The lowest BCUT2D eigenvalue weighted by Gasteiger charge is -2.27. The number of aryl methyl sites for hydroxylation is 1. The molecule has 1 heterocycles. The van der Waals surface area contributed by atoms with Crippen molar-refractivity contribution in [1.82, 2.24) is 5.32 Å². The van der Waals surface area contributed by atoms with E-state index in [0.717, 1.165) is 29.5 Å². The molecule has 1 aliphatic heterocycles. The Labute approximate surface area is 215 Å². The first-order chi connectivity index (χ1) is 17.4. The number of ether oxygens (including phenoxy) is 4. The van der Waals surface area contributed by atoms with Gasteiger partial charge in [-0.3, -0.25) is 0 Å². The lowest BCUT2D eigenvalue weighted by atomic mass is 9.87. The topological polar surface area (TPSA) is 103 Å². The number of carbonyl (C=O) groups excluding carboxylic acids is 2. The molecule has 0 saturated heterocycles. The molecule has 0 radical (unpaired) electrons. The Kier molecular flexibility index (Phi) is 8.39. The quantitative estimate of drug-likeness (QED) is 0.361. The van der Waals surface area contributed by atoms with Crippen molar-refractivity contribution in [3.8, 4) is 11.5 Å². The fourth-order valence-electron chi connectivity index (χ4n) is 4.37. The molecular weight excluding hydrogens is 486 g/mol. The Bertz CT molecular complexity index is 1090. The molecule has 2 aliphatic rings. The van der Waals surface area contributed by atoms with Crippen molar-refractivity contribution in [2.45, 2.75) is 63.9 Å². The Morgan fingerprint density at radius 1 is 1.08 bits per heavy atom. The summed E-state index contributed by atoms with van der Waals surface area (Å²) in [5.74, 6) is -3.52. The van der Waals surface area contributed by atoms with E-state index in [1.165, 1.54) is 0 Å². The number of esters is 2. The minimum absolute atomic E-state index is 0.135. The number of aliphatic hydroxyl groups is 1. The van der Waals surface area contributed by atoms with Gasteiger partial charge in [-0.05, 0) is 73.1 Å². The second kappa shape index (κ2) is 11.5. The molecule has 8 nitrogen and oxygen atoms in total. The minimum Gasteiger partial charge on any atom is -0.459 e. The van der Waals surface area contributed by atoms with Gasteiger partial charge in [0, 0.05) is 17.6 Å². The van der Waals surface area contributed by atoms with E-state index in [0.29, 0.717) is 42.3 Å². The number of halogens is 1. The van der Waals surface area contributed by atoms with Crippen molar-refractivity contribution in [1.29, 1.82) is 0 Å². The summed E-state index contributed by atoms with van der Waals surface area (Å²) in [6, 6.07) is 11.0. The second-order valence-electron chi connectivity index (χ2n) is 9.08. The van der Waals surface area contributed by atoms with Crippen LogP contribution in [0.4, 0.5) is 0 Å². The first kappa shape index (κ1) is 26.3. The number of aliphatic hydroxyl groups excluding tert-OH is 1. The van der Waals surface area contributed by atoms with Gasteiger partial charge in [0.05, 0.1) is 19.3 Å². The molecule has 2 atom stereocenters. The van der Waals surface area contributed by atoms with Crippen molar-refractivity contribution in [3.63, 3.8) is 0 Å². The molecule has 9 heteroatoms. The van der Waals surface area contributed by atoms with Crippen LogP contribution in [0.5, 0.6) is 11.5 Å². The summed E-state index contributed by atoms with van der Waals surface area (Å²) in [7, 11) is 0. The fourth-order valence-corrected chi connectivity index (χ4v) is 4.57. The highest BCUT2D eigenvalue weighted by molar-refractivity contribution is 6.30. The van der Waals surface area contributed by atoms with E-state index in [-0.39, 0.29) is 19.3 Å². The van der Waals surface area contributed by atoms with Gasteiger partial charge in [0.1, 0.15) is 0 Å². The normalized spacial score (nSPS) is 18.3. The predicted molar refractivity (Wildman–Crippen MR) is 133 cm³/mol. The molecule has 0 saturated carbocycles. The molecule has 1 aliphatic carbocycles. The zero-order chi connectivity index (χ0) is 25.7. The lowest BCUT2D eigenvalue weighted by molar-refractivity contribution is -0.202. The Hall–Kier alpha value is -2.81. The average Bonchev–Trinajstić information content (AvgIpc) is 3.27. The predicted octanol–water partition coefficient (Wildman–Crippen LogP) is 3.89. The van der Waals surface area contributed by atoms with E-state index in [1.54, 1.807) is 12.1 Å². The van der Waals surface area contributed by atoms with Crippen LogP contribution in [0, 0.1) is 0 Å². The van der Waals surface area contributed by atoms with Crippen LogP contribution < -0.4 is 14.8 Å². The van der Waals surface area contributed by atoms with Crippen LogP contribution >= 0.6 is 11.6 Å². The van der Waals surface area contributed by atoms with E-state index < -0.39 is 23.8 Å². The van der Waals surface area contributed by atoms with Crippen molar-refractivity contribution < 1.29 is 33.6 Å². The van der Waals surface area contributed by atoms with Crippen molar-refractivity contribution in [2.75, 3.05) is 19.8 Å². The molecular formula is C27H32ClNO7.